The van der Waals surface area contributed by atoms with Gasteiger partial charge in [0, 0.05) is 11.6 Å². The lowest BCUT2D eigenvalue weighted by Gasteiger charge is -2.23. The first-order chi connectivity index (χ1) is 11.7. The average molecular weight is 385 g/mol. The maximum Gasteiger partial charge on any atom is 0.254 e. The Morgan fingerprint density at radius 3 is 2.52 bits per heavy atom. The molecular formula is C17H18ClFN2O3S. The van der Waals surface area contributed by atoms with Crippen LogP contribution >= 0.6 is 11.6 Å². The Morgan fingerprint density at radius 2 is 1.92 bits per heavy atom. The Balaban J connectivity index is 2.10. The van der Waals surface area contributed by atoms with Gasteiger partial charge in [-0.15, -0.1) is 0 Å². The Hall–Kier alpha value is -2.12. The van der Waals surface area contributed by atoms with Crippen LogP contribution in [0, 0.1) is 12.7 Å². The Labute approximate surface area is 151 Å². The maximum absolute atomic E-state index is 13.6. The first-order valence-corrected chi connectivity index (χ1v) is 9.69. The molecule has 0 saturated heterocycles. The second-order valence-electron chi connectivity index (χ2n) is 5.50. The van der Waals surface area contributed by atoms with Gasteiger partial charge in [-0.05, 0) is 36.8 Å². The monoisotopic (exact) mass is 384 g/mol. The number of nitrogens with zero attached hydrogens (tertiary/aromatic N) is 1. The molecule has 0 fully saturated rings. The van der Waals surface area contributed by atoms with Crippen molar-refractivity contribution in [2.45, 2.75) is 6.92 Å². The molecule has 0 aliphatic heterocycles. The van der Waals surface area contributed by atoms with E-state index in [0.29, 0.717) is 10.7 Å². The minimum Gasteiger partial charge on any atom is -0.350 e. The lowest BCUT2D eigenvalue weighted by molar-refractivity contribution is 0.0951. The van der Waals surface area contributed by atoms with Crippen LogP contribution in [0.1, 0.15) is 15.9 Å². The van der Waals surface area contributed by atoms with E-state index in [9.17, 15) is 17.6 Å². The van der Waals surface area contributed by atoms with Crippen molar-refractivity contribution in [2.75, 3.05) is 23.7 Å². The highest BCUT2D eigenvalue weighted by Gasteiger charge is 2.19. The molecule has 2 rings (SSSR count). The summed E-state index contributed by atoms with van der Waals surface area (Å²) in [4.78, 5) is 12.0. The van der Waals surface area contributed by atoms with Gasteiger partial charge in [-0.2, -0.15) is 0 Å². The lowest BCUT2D eigenvalue weighted by atomic mass is 10.2. The molecule has 0 atom stereocenters. The Kier molecular flexibility index (Phi) is 6.02. The van der Waals surface area contributed by atoms with E-state index in [2.05, 4.69) is 5.32 Å². The molecule has 0 radical (unpaired) electrons. The average Bonchev–Trinajstić information content (AvgIpc) is 2.53. The molecule has 1 amide bonds. The summed E-state index contributed by atoms with van der Waals surface area (Å²) < 4.78 is 38.8. The molecule has 0 saturated carbocycles. The van der Waals surface area contributed by atoms with Gasteiger partial charge in [0.05, 0.1) is 24.1 Å². The van der Waals surface area contributed by atoms with E-state index in [1.165, 1.54) is 18.2 Å². The van der Waals surface area contributed by atoms with E-state index in [-0.39, 0.29) is 18.7 Å². The van der Waals surface area contributed by atoms with Crippen molar-refractivity contribution in [3.8, 4) is 0 Å². The molecule has 8 heteroatoms. The lowest BCUT2D eigenvalue weighted by Crippen LogP contribution is -2.38. The van der Waals surface area contributed by atoms with E-state index in [1.54, 1.807) is 24.3 Å². The van der Waals surface area contributed by atoms with Gasteiger partial charge in [-0.3, -0.25) is 9.10 Å². The van der Waals surface area contributed by atoms with Gasteiger partial charge in [0.25, 0.3) is 5.91 Å². The molecule has 25 heavy (non-hydrogen) atoms. The van der Waals surface area contributed by atoms with Crippen molar-refractivity contribution in [3.63, 3.8) is 0 Å². The van der Waals surface area contributed by atoms with Crippen molar-refractivity contribution in [3.05, 3.63) is 64.4 Å². The van der Waals surface area contributed by atoms with Crippen molar-refractivity contribution in [2.24, 2.45) is 0 Å². The summed E-state index contributed by atoms with van der Waals surface area (Å²) in [5.74, 6) is -1.24. The molecule has 0 aliphatic rings. The molecule has 0 heterocycles. The standard InChI is InChI=1S/C17H18ClFN2O3S/c1-12-7-8-13(11-15(12)18)21(25(2,23)24)10-9-20-17(22)14-5-3-4-6-16(14)19/h3-8,11H,9-10H2,1-2H3,(H,20,22). The molecule has 0 spiro atoms. The van der Waals surface area contributed by atoms with Gasteiger partial charge < -0.3 is 5.32 Å². The van der Waals surface area contributed by atoms with Gasteiger partial charge in [0.15, 0.2) is 0 Å². The molecule has 0 bridgehead atoms. The number of hydrogen-bond donors (Lipinski definition) is 1. The van der Waals surface area contributed by atoms with Gasteiger partial charge >= 0.3 is 0 Å². The smallest absolute Gasteiger partial charge is 0.254 e. The zero-order valence-electron chi connectivity index (χ0n) is 13.8. The van der Waals surface area contributed by atoms with Crippen LogP contribution in [-0.2, 0) is 10.0 Å². The maximum atomic E-state index is 13.6. The molecule has 134 valence electrons. The van der Waals surface area contributed by atoms with Crippen molar-refractivity contribution >= 4 is 33.2 Å². The topological polar surface area (TPSA) is 66.5 Å². The molecule has 1 N–H and O–H groups in total. The summed E-state index contributed by atoms with van der Waals surface area (Å²) in [5.41, 5.74) is 1.14. The summed E-state index contributed by atoms with van der Waals surface area (Å²) in [7, 11) is -3.57. The largest absolute Gasteiger partial charge is 0.350 e. The highest BCUT2D eigenvalue weighted by molar-refractivity contribution is 7.92. The Bertz CT molecular complexity index is 887. The number of carbonyl (C=O) groups is 1. The van der Waals surface area contributed by atoms with Crippen LogP contribution in [0.5, 0.6) is 0 Å². The van der Waals surface area contributed by atoms with Gasteiger partial charge in [-0.1, -0.05) is 29.8 Å². The number of anilines is 1. The van der Waals surface area contributed by atoms with Crippen LogP contribution in [0.4, 0.5) is 10.1 Å². The number of nitrogens with one attached hydrogen (secondary N) is 1. The number of rotatable bonds is 6. The van der Waals surface area contributed by atoms with Crippen molar-refractivity contribution in [1.29, 1.82) is 0 Å². The second-order valence-corrected chi connectivity index (χ2v) is 7.82. The quantitative estimate of drug-likeness (QED) is 0.832. The zero-order valence-corrected chi connectivity index (χ0v) is 15.4. The van der Waals surface area contributed by atoms with Gasteiger partial charge in [0.1, 0.15) is 5.82 Å². The normalized spacial score (nSPS) is 11.2. The molecule has 0 unspecified atom stereocenters. The number of amides is 1. The van der Waals surface area contributed by atoms with Crippen molar-refractivity contribution < 1.29 is 17.6 Å². The zero-order chi connectivity index (χ0) is 18.6. The molecule has 0 aliphatic carbocycles. The predicted molar refractivity (Wildman–Crippen MR) is 97.1 cm³/mol. The van der Waals surface area contributed by atoms with Crippen LogP contribution < -0.4 is 9.62 Å². The minimum absolute atomic E-state index is 0.00157. The third-order valence-corrected chi connectivity index (χ3v) is 5.16. The number of carbonyl (C=O) groups excluding carboxylic acids is 1. The van der Waals surface area contributed by atoms with E-state index >= 15 is 0 Å². The SMILES string of the molecule is Cc1ccc(N(CCNC(=O)c2ccccc2F)S(C)(=O)=O)cc1Cl. The summed E-state index contributed by atoms with van der Waals surface area (Å²) in [6.45, 7) is 1.83. The van der Waals surface area contributed by atoms with E-state index in [0.717, 1.165) is 16.1 Å². The highest BCUT2D eigenvalue weighted by Crippen LogP contribution is 2.24. The number of aryl methyl sites for hydroxylation is 1. The van der Waals surface area contributed by atoms with Crippen LogP contribution in [0.3, 0.4) is 0 Å². The number of benzene rings is 2. The first kappa shape index (κ1) is 19.2. The minimum atomic E-state index is -3.57. The summed E-state index contributed by atoms with van der Waals surface area (Å²) in [5, 5.41) is 2.97. The van der Waals surface area contributed by atoms with E-state index in [4.69, 9.17) is 11.6 Å². The fourth-order valence-corrected chi connectivity index (χ4v) is 3.33. The Morgan fingerprint density at radius 1 is 1.24 bits per heavy atom. The molecule has 5 nitrogen and oxygen atoms in total. The number of sulfonamides is 1. The van der Waals surface area contributed by atoms with Gasteiger partial charge in [0.2, 0.25) is 10.0 Å². The van der Waals surface area contributed by atoms with Crippen LogP contribution in [0.2, 0.25) is 5.02 Å². The second kappa shape index (κ2) is 7.84. The highest BCUT2D eigenvalue weighted by atomic mass is 35.5. The molecular weight excluding hydrogens is 367 g/mol. The number of hydrogen-bond acceptors (Lipinski definition) is 3. The van der Waals surface area contributed by atoms with Crippen molar-refractivity contribution in [1.82, 2.24) is 5.32 Å². The fraction of sp³-hybridized carbons (Fsp3) is 0.235. The van der Waals surface area contributed by atoms with Crippen LogP contribution in [0.25, 0.3) is 0 Å². The van der Waals surface area contributed by atoms with Crippen LogP contribution in [0.15, 0.2) is 42.5 Å². The third kappa shape index (κ3) is 4.93. The summed E-state index contributed by atoms with van der Waals surface area (Å²) in [6, 6.07) is 10.5. The number of halogens is 2. The first-order valence-electron chi connectivity index (χ1n) is 7.47. The van der Waals surface area contributed by atoms with E-state index < -0.39 is 21.7 Å². The summed E-state index contributed by atoms with van der Waals surface area (Å²) >= 11 is 6.06. The fourth-order valence-electron chi connectivity index (χ4n) is 2.23. The third-order valence-electron chi connectivity index (χ3n) is 3.56. The van der Waals surface area contributed by atoms with E-state index in [1.807, 2.05) is 6.92 Å². The van der Waals surface area contributed by atoms with Crippen LogP contribution in [-0.4, -0.2) is 33.7 Å². The molecule has 2 aromatic rings. The molecule has 2 aromatic carbocycles. The summed E-state index contributed by atoms with van der Waals surface area (Å²) in [6.07, 6.45) is 1.07. The molecule has 0 aromatic heterocycles. The predicted octanol–water partition coefficient (Wildman–Crippen LogP) is 2.98. The van der Waals surface area contributed by atoms with Gasteiger partial charge in [-0.25, -0.2) is 12.8 Å².